The van der Waals surface area contributed by atoms with Crippen molar-refractivity contribution in [2.75, 3.05) is 13.0 Å². The van der Waals surface area contributed by atoms with Gasteiger partial charge in [-0.25, -0.2) is 0 Å². The molecule has 1 aliphatic heterocycles. The van der Waals surface area contributed by atoms with E-state index in [2.05, 4.69) is 0 Å². The molecule has 3 heteroatoms. The van der Waals surface area contributed by atoms with Crippen LogP contribution in [0.2, 0.25) is 0 Å². The van der Waals surface area contributed by atoms with Gasteiger partial charge in [-0.05, 0) is 12.1 Å². The van der Waals surface area contributed by atoms with Gasteiger partial charge in [0, 0.05) is 0 Å². The Hall–Kier alpha value is -0.830. The average Bonchev–Trinajstić information content (AvgIpc) is 2.50. The van der Waals surface area contributed by atoms with Gasteiger partial charge in [-0.3, -0.25) is 0 Å². The number of methoxy groups -OCH3 is 1. The van der Waals surface area contributed by atoms with Crippen molar-refractivity contribution in [3.05, 3.63) is 18.2 Å². The predicted molar refractivity (Wildman–Crippen MR) is 44.3 cm³/mol. The highest BCUT2D eigenvalue weighted by molar-refractivity contribution is 7.99. The van der Waals surface area contributed by atoms with Crippen LogP contribution in [-0.2, 0) is 0 Å². The van der Waals surface area contributed by atoms with Gasteiger partial charge < -0.3 is 9.47 Å². The van der Waals surface area contributed by atoms with Gasteiger partial charge in [0.15, 0.2) is 0 Å². The SMILES string of the molecule is [2H]c1cc(OC)c2c(c1)OCS2. The van der Waals surface area contributed by atoms with Crippen molar-refractivity contribution in [3.63, 3.8) is 0 Å². The second-order valence-electron chi connectivity index (χ2n) is 2.12. The van der Waals surface area contributed by atoms with Gasteiger partial charge in [-0.15, -0.1) is 0 Å². The molecule has 0 fully saturated rings. The number of benzene rings is 1. The first kappa shape index (κ1) is 5.77. The van der Waals surface area contributed by atoms with Crippen molar-refractivity contribution in [1.29, 1.82) is 0 Å². The fourth-order valence-electron chi connectivity index (χ4n) is 0.999. The zero-order chi connectivity index (χ0) is 8.55. The first-order valence-electron chi connectivity index (χ1n) is 3.75. The highest BCUT2D eigenvalue weighted by atomic mass is 32.2. The van der Waals surface area contributed by atoms with E-state index in [0.717, 1.165) is 16.4 Å². The molecule has 0 radical (unpaired) electrons. The zero-order valence-electron chi connectivity index (χ0n) is 7.09. The van der Waals surface area contributed by atoms with Crippen LogP contribution >= 0.6 is 11.8 Å². The molecule has 1 aromatic rings. The number of ether oxygens (including phenoxy) is 2. The second kappa shape index (κ2) is 2.66. The summed E-state index contributed by atoms with van der Waals surface area (Å²) in [5.74, 6) is 2.12. The van der Waals surface area contributed by atoms with Crippen LogP contribution in [0.1, 0.15) is 1.37 Å². The maximum absolute atomic E-state index is 7.44. The molecule has 11 heavy (non-hydrogen) atoms. The molecule has 0 unspecified atom stereocenters. The topological polar surface area (TPSA) is 18.5 Å². The summed E-state index contributed by atoms with van der Waals surface area (Å²) in [7, 11) is 1.61. The van der Waals surface area contributed by atoms with Crippen molar-refractivity contribution in [2.24, 2.45) is 0 Å². The first-order chi connectivity index (χ1) is 5.81. The van der Waals surface area contributed by atoms with E-state index < -0.39 is 0 Å². The van der Waals surface area contributed by atoms with Crippen LogP contribution < -0.4 is 9.47 Å². The maximum atomic E-state index is 7.44. The summed E-state index contributed by atoms with van der Waals surface area (Å²) in [5.41, 5.74) is 0. The second-order valence-corrected chi connectivity index (χ2v) is 3.06. The summed E-state index contributed by atoms with van der Waals surface area (Å²) in [5, 5.41) is 0. The normalized spacial score (nSPS) is 15.2. The highest BCUT2D eigenvalue weighted by Crippen LogP contribution is 2.42. The third-order valence-corrected chi connectivity index (χ3v) is 2.44. The fraction of sp³-hybridized carbons (Fsp3) is 0.250. The van der Waals surface area contributed by atoms with E-state index in [1.54, 1.807) is 31.0 Å². The largest absolute Gasteiger partial charge is 0.495 e. The van der Waals surface area contributed by atoms with Gasteiger partial charge in [0.2, 0.25) is 0 Å². The van der Waals surface area contributed by atoms with Crippen LogP contribution in [0.3, 0.4) is 0 Å². The molecule has 0 saturated carbocycles. The van der Waals surface area contributed by atoms with Gasteiger partial charge >= 0.3 is 0 Å². The molecule has 0 N–H and O–H groups in total. The maximum Gasteiger partial charge on any atom is 0.138 e. The van der Waals surface area contributed by atoms with Crippen molar-refractivity contribution >= 4 is 11.8 Å². The Kier molecular flexibility index (Phi) is 1.40. The molecular weight excluding hydrogens is 160 g/mol. The minimum atomic E-state index is 0.424. The van der Waals surface area contributed by atoms with Crippen molar-refractivity contribution in [1.82, 2.24) is 0 Å². The third-order valence-electron chi connectivity index (χ3n) is 1.51. The molecule has 2 nitrogen and oxygen atoms in total. The minimum absolute atomic E-state index is 0.424. The number of hydrogen-bond donors (Lipinski definition) is 0. The molecule has 0 saturated heterocycles. The number of hydrogen-bond acceptors (Lipinski definition) is 3. The summed E-state index contributed by atoms with van der Waals surface area (Å²) in [6.45, 7) is 0. The highest BCUT2D eigenvalue weighted by Gasteiger charge is 2.16. The van der Waals surface area contributed by atoms with Crippen LogP contribution in [0.4, 0.5) is 0 Å². The Bertz CT molecular complexity index is 314. The van der Waals surface area contributed by atoms with Crippen molar-refractivity contribution in [2.45, 2.75) is 4.90 Å². The van der Waals surface area contributed by atoms with E-state index in [4.69, 9.17) is 10.8 Å². The molecular formula is C8H8O2S. The fourth-order valence-corrected chi connectivity index (χ4v) is 1.85. The lowest BCUT2D eigenvalue weighted by Gasteiger charge is -2.02. The molecule has 0 aliphatic carbocycles. The molecule has 1 aliphatic rings. The molecule has 0 aromatic heterocycles. The van der Waals surface area contributed by atoms with Crippen molar-refractivity contribution in [3.8, 4) is 11.5 Å². The van der Waals surface area contributed by atoms with E-state index in [1.165, 1.54) is 0 Å². The van der Waals surface area contributed by atoms with Crippen LogP contribution in [0.25, 0.3) is 0 Å². The van der Waals surface area contributed by atoms with Gasteiger partial charge in [0.05, 0.1) is 13.4 Å². The third kappa shape index (κ3) is 1.05. The summed E-state index contributed by atoms with van der Waals surface area (Å²) in [6, 6.07) is 3.83. The molecule has 1 aromatic carbocycles. The molecule has 0 bridgehead atoms. The summed E-state index contributed by atoms with van der Waals surface area (Å²) >= 11 is 1.60. The number of fused-ring (bicyclic) bond motifs is 1. The molecule has 0 atom stereocenters. The molecule has 58 valence electrons. The van der Waals surface area contributed by atoms with Crippen LogP contribution in [0.5, 0.6) is 11.5 Å². The van der Waals surface area contributed by atoms with E-state index in [0.29, 0.717) is 12.0 Å². The Morgan fingerprint density at radius 1 is 1.73 bits per heavy atom. The van der Waals surface area contributed by atoms with Crippen LogP contribution in [0, 0.1) is 0 Å². The smallest absolute Gasteiger partial charge is 0.138 e. The first-order valence-corrected chi connectivity index (χ1v) is 4.24. The molecule has 0 spiro atoms. The standard InChI is InChI=1S/C8H8O2S/c1-9-6-3-2-4-7-8(6)11-5-10-7/h2-4H,5H2,1H3/i2D. The van der Waals surface area contributed by atoms with Gasteiger partial charge in [0.1, 0.15) is 17.4 Å². The average molecular weight is 169 g/mol. The zero-order valence-corrected chi connectivity index (χ0v) is 6.90. The Balaban J connectivity index is 2.55. The van der Waals surface area contributed by atoms with Crippen LogP contribution in [-0.4, -0.2) is 13.0 Å². The van der Waals surface area contributed by atoms with E-state index in [9.17, 15) is 0 Å². The van der Waals surface area contributed by atoms with Crippen LogP contribution in [0.15, 0.2) is 23.1 Å². The summed E-state index contributed by atoms with van der Waals surface area (Å²) in [4.78, 5) is 1.01. The quantitative estimate of drug-likeness (QED) is 0.641. The van der Waals surface area contributed by atoms with E-state index in [-0.39, 0.29) is 0 Å². The molecule has 2 rings (SSSR count). The van der Waals surface area contributed by atoms with Gasteiger partial charge in [-0.1, -0.05) is 17.8 Å². The minimum Gasteiger partial charge on any atom is -0.495 e. The lowest BCUT2D eigenvalue weighted by molar-refractivity contribution is 0.379. The van der Waals surface area contributed by atoms with E-state index in [1.807, 2.05) is 0 Å². The summed E-state index contributed by atoms with van der Waals surface area (Å²) in [6.07, 6.45) is 0. The Labute approximate surface area is 70.9 Å². The number of rotatable bonds is 1. The lowest BCUT2D eigenvalue weighted by atomic mass is 10.3. The molecule has 0 amide bonds. The van der Waals surface area contributed by atoms with Gasteiger partial charge in [-0.2, -0.15) is 0 Å². The Morgan fingerprint density at radius 2 is 2.64 bits per heavy atom. The predicted octanol–water partition coefficient (Wildman–Crippen LogP) is 2.14. The monoisotopic (exact) mass is 169 g/mol. The summed E-state index contributed by atoms with van der Waals surface area (Å²) < 4.78 is 17.8. The Morgan fingerprint density at radius 3 is 3.45 bits per heavy atom. The van der Waals surface area contributed by atoms with Gasteiger partial charge in [0.25, 0.3) is 0 Å². The van der Waals surface area contributed by atoms with E-state index >= 15 is 0 Å². The lowest BCUT2D eigenvalue weighted by Crippen LogP contribution is -1.84. The molecule has 1 heterocycles. The van der Waals surface area contributed by atoms with Crippen molar-refractivity contribution < 1.29 is 10.8 Å². The number of thioether (sulfide) groups is 1.